The van der Waals surface area contributed by atoms with Crippen LogP contribution >= 0.6 is 0 Å². The van der Waals surface area contributed by atoms with Crippen molar-refractivity contribution in [2.45, 2.75) is 165 Å². The second-order valence-electron chi connectivity index (χ2n) is 26.7. The van der Waals surface area contributed by atoms with Crippen molar-refractivity contribution in [3.63, 3.8) is 0 Å². The Labute approximate surface area is 416 Å². The van der Waals surface area contributed by atoms with Gasteiger partial charge in [-0.3, -0.25) is 9.69 Å². The topological polar surface area (TPSA) is 105 Å². The van der Waals surface area contributed by atoms with E-state index in [1.165, 1.54) is 108 Å². The molecule has 1 unspecified atom stereocenters. The zero-order valence-electron chi connectivity index (χ0n) is 41.7. The number of aliphatic hydroxyl groups is 1. The van der Waals surface area contributed by atoms with E-state index in [9.17, 15) is 5.11 Å². The predicted octanol–water partition coefficient (Wildman–Crippen LogP) is 11.4. The first-order valence-electron chi connectivity index (χ1n) is 29.3. The third-order valence-corrected chi connectivity index (χ3v) is 24.3. The highest BCUT2D eigenvalue weighted by Gasteiger charge is 2.94. The summed E-state index contributed by atoms with van der Waals surface area (Å²) in [5, 5.41) is 13.7. The van der Waals surface area contributed by atoms with Crippen molar-refractivity contribution in [1.82, 2.24) is 9.80 Å². The molecule has 70 heavy (non-hydrogen) atoms. The summed E-state index contributed by atoms with van der Waals surface area (Å²) in [6.07, 6.45) is 36.2. The average molecular weight is 944 g/mol. The number of carbonyl (C=O) groups is 2. The number of hydrogen-bond donors (Lipinski definition) is 2. The van der Waals surface area contributed by atoms with Crippen LogP contribution in [0.5, 0.6) is 0 Å². The minimum Gasteiger partial charge on any atom is -0.509 e. The Morgan fingerprint density at radius 3 is 2.59 bits per heavy atom. The van der Waals surface area contributed by atoms with Crippen molar-refractivity contribution in [1.29, 1.82) is 0 Å². The molecule has 0 aromatic heterocycles. The molecular weight excluding hydrogens is 867 g/mol. The molecule has 370 valence electrons. The van der Waals surface area contributed by atoms with Crippen molar-refractivity contribution in [3.05, 3.63) is 93.1 Å². The summed E-state index contributed by atoms with van der Waals surface area (Å²) in [4.78, 5) is 37.8. The summed E-state index contributed by atoms with van der Waals surface area (Å²) in [5.41, 5.74) is 12.3. The predicted molar refractivity (Wildman–Crippen MR) is 267 cm³/mol. The number of nitrogens with two attached hydrogens (primary N) is 1. The van der Waals surface area contributed by atoms with Crippen LogP contribution in [0.25, 0.3) is 0 Å². The first kappa shape index (κ1) is 42.8. The fourth-order valence-corrected chi connectivity index (χ4v) is 22.2. The average Bonchev–Trinajstić information content (AvgIpc) is 4.15. The summed E-state index contributed by atoms with van der Waals surface area (Å²) in [6.45, 7) is 3.88. The van der Waals surface area contributed by atoms with Crippen molar-refractivity contribution in [2.75, 3.05) is 26.2 Å². The largest absolute Gasteiger partial charge is 0.509 e. The number of benzene rings is 1. The summed E-state index contributed by atoms with van der Waals surface area (Å²) >= 11 is 0. The van der Waals surface area contributed by atoms with Gasteiger partial charge in [-0.05, 0) is 180 Å². The van der Waals surface area contributed by atoms with Gasteiger partial charge in [-0.2, -0.15) is 0 Å². The van der Waals surface area contributed by atoms with E-state index in [2.05, 4.69) is 52.3 Å². The van der Waals surface area contributed by atoms with Gasteiger partial charge in [0.15, 0.2) is 11.4 Å². The smallest absolute Gasteiger partial charge is 0.339 e. The van der Waals surface area contributed by atoms with Crippen LogP contribution in [-0.2, 0) is 26.3 Å². The Bertz CT molecular complexity index is 2630. The zero-order chi connectivity index (χ0) is 46.5. The van der Waals surface area contributed by atoms with E-state index < -0.39 is 16.4 Å². The molecule has 7 fully saturated rings. The normalized spacial score (nSPS) is 47.9. The molecule has 1 aromatic carbocycles. The lowest BCUT2D eigenvalue weighted by Crippen LogP contribution is -2.78. The van der Waals surface area contributed by atoms with Gasteiger partial charge in [0.1, 0.15) is 11.2 Å². The van der Waals surface area contributed by atoms with Gasteiger partial charge in [0.2, 0.25) is 0 Å². The minimum absolute atomic E-state index is 0.0572. The molecule has 18 aliphatic rings. The SMILES string of the molecule is NCCCc1cccc2c1C(=O)O[C@@]21[C@H]2C[C@H](C3CCCCC3)/C=C\[C@H]3C4=C5CC[C@]16/C(=C(/O)C[C@@H]([C@H]1CCC7(CCCC7)C1)N1C[C@@H]7C[C@H](C1)[C@@H]1CCC8=C([C@@H]5[C@@H]5[C@@H](CC=C[C@H]53)C8)N1C7)OC(=O)[C@]426. The van der Waals surface area contributed by atoms with Crippen LogP contribution in [-0.4, -0.2) is 65.1 Å². The lowest BCUT2D eigenvalue weighted by Gasteiger charge is -2.73. The van der Waals surface area contributed by atoms with Crippen LogP contribution in [0.1, 0.15) is 163 Å². The monoisotopic (exact) mass is 944 g/mol. The Morgan fingerprint density at radius 1 is 0.829 bits per heavy atom. The highest BCUT2D eigenvalue weighted by molar-refractivity contribution is 6.00. The van der Waals surface area contributed by atoms with Gasteiger partial charge in [0.25, 0.3) is 0 Å². The van der Waals surface area contributed by atoms with Gasteiger partial charge < -0.3 is 25.2 Å². The number of nitrogens with zero attached hydrogens (tertiary/aromatic N) is 2. The van der Waals surface area contributed by atoms with Crippen molar-refractivity contribution >= 4 is 11.9 Å². The maximum absolute atomic E-state index is 16.6. The molecule has 19 rings (SSSR count). The lowest BCUT2D eigenvalue weighted by molar-refractivity contribution is -0.283. The van der Waals surface area contributed by atoms with Crippen molar-refractivity contribution in [2.24, 2.45) is 87.1 Å². The Hall–Kier alpha value is -3.62. The molecule has 0 amide bonds. The van der Waals surface area contributed by atoms with Crippen LogP contribution in [0.2, 0.25) is 0 Å². The molecule has 9 aliphatic carbocycles. The number of rotatable bonds is 5. The Kier molecular flexibility index (Phi) is 9.18. The molecule has 12 bridgehead atoms. The second-order valence-corrected chi connectivity index (χ2v) is 26.7. The van der Waals surface area contributed by atoms with E-state index in [-0.39, 0.29) is 53.3 Å². The van der Waals surface area contributed by atoms with Crippen LogP contribution in [0.4, 0.5) is 0 Å². The highest BCUT2D eigenvalue weighted by atomic mass is 16.6. The van der Waals surface area contributed by atoms with E-state index in [0.29, 0.717) is 84.1 Å². The summed E-state index contributed by atoms with van der Waals surface area (Å²) < 4.78 is 14.7. The van der Waals surface area contributed by atoms with Crippen molar-refractivity contribution in [3.8, 4) is 0 Å². The van der Waals surface area contributed by atoms with Gasteiger partial charge in [-0.15, -0.1) is 0 Å². The molecule has 8 nitrogen and oxygen atoms in total. The summed E-state index contributed by atoms with van der Waals surface area (Å²) in [7, 11) is 0. The first-order chi connectivity index (χ1) is 34.3. The number of esters is 2. The number of hydrogen-bond acceptors (Lipinski definition) is 8. The molecule has 0 radical (unpaired) electrons. The lowest BCUT2D eigenvalue weighted by atomic mass is 9.27. The highest BCUT2D eigenvalue weighted by Crippen LogP contribution is 2.88. The number of carbonyl (C=O) groups excluding carboxylic acids is 2. The van der Waals surface area contributed by atoms with Gasteiger partial charge in [-0.25, -0.2) is 4.79 Å². The number of piperidine rings is 2. The number of aliphatic hydroxyl groups excluding tert-OH is 1. The number of fused-ring (bicyclic) bond motifs is 4. The molecule has 3 saturated heterocycles. The molecule has 3 N–H and O–H groups in total. The van der Waals surface area contributed by atoms with E-state index in [4.69, 9.17) is 15.2 Å². The van der Waals surface area contributed by atoms with Crippen molar-refractivity contribution < 1.29 is 24.2 Å². The molecule has 4 spiro atoms. The standard InChI is InChI=1S/C62H77N3O5/c63-26-8-13-37-11-7-15-46-52(37)57(67)70-62(46)50-29-38(36-9-2-1-3-10-36)16-18-44-43-14-6-12-39-28-40-17-19-47-42-27-35-32-64(34-42)48(41-20-24-59(31-41)22-4-5-23-59)30-49(66)56-60(62)25-21-45(54(44)61(50,60)58(68)69-56)53(51(39)43)55(40)65(47)33-35/h6-7,11,14-16,18,35-36,38-39,41-44,47-48,50-51,53,66H,1-5,8-10,12-13,17,19-34,63H2/b18-16-,56-49-/t35-,38+,39-,41-,42+,43-,44+,47-,48-,50-,51+,53-,60+,61+,62+/m0/s1. The molecule has 1 aromatic rings. The molecule has 8 heteroatoms. The maximum Gasteiger partial charge on any atom is 0.339 e. The van der Waals surface area contributed by atoms with E-state index in [1.807, 2.05) is 0 Å². The third-order valence-electron chi connectivity index (χ3n) is 24.3. The van der Waals surface area contributed by atoms with E-state index in [0.717, 1.165) is 56.4 Å². The number of aryl methyl sites for hydroxylation is 1. The third kappa shape index (κ3) is 5.18. The maximum atomic E-state index is 16.6. The zero-order valence-corrected chi connectivity index (χ0v) is 41.7. The summed E-state index contributed by atoms with van der Waals surface area (Å²) in [6, 6.07) is 7.18. The van der Waals surface area contributed by atoms with Crippen LogP contribution < -0.4 is 5.73 Å². The number of ether oxygens (including phenoxy) is 2. The molecule has 4 saturated carbocycles. The molecule has 9 heterocycles. The van der Waals surface area contributed by atoms with Gasteiger partial charge in [0, 0.05) is 67.2 Å². The molecule has 9 aliphatic heterocycles. The van der Waals surface area contributed by atoms with Crippen LogP contribution in [0, 0.1) is 81.3 Å². The Balaban J connectivity index is 0.982. The quantitative estimate of drug-likeness (QED) is 0.222. The Morgan fingerprint density at radius 2 is 1.71 bits per heavy atom. The van der Waals surface area contributed by atoms with Gasteiger partial charge in [-0.1, -0.05) is 85.8 Å². The second kappa shape index (κ2) is 15.0. The van der Waals surface area contributed by atoms with Crippen LogP contribution in [0.15, 0.2) is 76.4 Å². The fourth-order valence-electron chi connectivity index (χ4n) is 22.2. The van der Waals surface area contributed by atoms with Gasteiger partial charge in [0.05, 0.1) is 11.0 Å². The number of allylic oxidation sites excluding steroid dienone is 6. The molecular formula is C62H77N3O5. The first-order valence-corrected chi connectivity index (χ1v) is 29.3. The summed E-state index contributed by atoms with van der Waals surface area (Å²) in [5.74, 6) is 4.27. The van der Waals surface area contributed by atoms with Crippen LogP contribution in [0.3, 0.4) is 0 Å². The fraction of sp³-hybridized carbons (Fsp3) is 0.710. The minimum atomic E-state index is -1.14. The van der Waals surface area contributed by atoms with E-state index >= 15 is 9.59 Å². The molecule has 16 atom stereocenters. The van der Waals surface area contributed by atoms with Gasteiger partial charge >= 0.3 is 11.9 Å². The van der Waals surface area contributed by atoms with E-state index in [1.54, 1.807) is 16.8 Å².